The summed E-state index contributed by atoms with van der Waals surface area (Å²) < 4.78 is 41.9. The average molecular weight is 459 g/mol. The molecule has 0 aliphatic carbocycles. The first-order valence-corrected chi connectivity index (χ1v) is 11.1. The number of halogens is 3. The van der Waals surface area contributed by atoms with Crippen molar-refractivity contribution in [3.05, 3.63) is 89.4 Å². The Hall–Kier alpha value is -2.90. The summed E-state index contributed by atoms with van der Waals surface area (Å²) in [4.78, 5) is 6.57. The van der Waals surface area contributed by atoms with E-state index in [2.05, 4.69) is 0 Å². The third-order valence-electron chi connectivity index (χ3n) is 5.39. The lowest BCUT2D eigenvalue weighted by Gasteiger charge is -2.36. The van der Waals surface area contributed by atoms with Gasteiger partial charge in [0.15, 0.2) is 6.29 Å². The summed E-state index contributed by atoms with van der Waals surface area (Å²) in [5.41, 5.74) is 2.72. The number of hydrogen-bond acceptors (Lipinski definition) is 4. The number of nitrogens with zero attached hydrogens (tertiary/aromatic N) is 2. The third-order valence-corrected chi connectivity index (χ3v) is 5.39. The predicted octanol–water partition coefficient (Wildman–Crippen LogP) is 5.77. The number of aliphatic hydroxyl groups excluding tert-OH is 1. The van der Waals surface area contributed by atoms with E-state index < -0.39 is 12.5 Å². The molecule has 0 amide bonds. The van der Waals surface area contributed by atoms with Crippen LogP contribution < -0.4 is 0 Å². The van der Waals surface area contributed by atoms with Gasteiger partial charge in [0, 0.05) is 18.2 Å². The van der Waals surface area contributed by atoms with Crippen molar-refractivity contribution in [3.8, 4) is 0 Å². The van der Waals surface area contributed by atoms with E-state index in [1.165, 1.54) is 30.5 Å². The van der Waals surface area contributed by atoms with Gasteiger partial charge >= 0.3 is 0 Å². The molecule has 1 aliphatic heterocycles. The molecule has 1 atom stereocenters. The first-order chi connectivity index (χ1) is 15.7. The Bertz CT molecular complexity index is 1010. The number of allylic oxidation sites excluding steroid dienone is 2. The van der Waals surface area contributed by atoms with Crippen LogP contribution in [0.4, 0.5) is 13.2 Å². The van der Waals surface area contributed by atoms with Crippen LogP contribution >= 0.6 is 0 Å². The smallest absolute Gasteiger partial charge is 0.151 e. The van der Waals surface area contributed by atoms with Gasteiger partial charge in [-0.15, -0.1) is 0 Å². The summed E-state index contributed by atoms with van der Waals surface area (Å²) in [5.74, 6) is -1.07. The van der Waals surface area contributed by atoms with Crippen molar-refractivity contribution in [1.29, 1.82) is 0 Å². The van der Waals surface area contributed by atoms with Gasteiger partial charge in [0.25, 0.3) is 0 Å². The molecule has 2 N–H and O–H groups in total. The molecule has 0 saturated carbocycles. The molecule has 176 valence electrons. The van der Waals surface area contributed by atoms with Crippen LogP contribution in [0, 0.1) is 17.6 Å². The minimum absolute atomic E-state index is 0.0122. The number of rotatable bonds is 9. The molecule has 0 saturated heterocycles. The molecule has 2 aromatic rings. The van der Waals surface area contributed by atoms with Gasteiger partial charge in [0.2, 0.25) is 0 Å². The topological polar surface area (TPSA) is 56.1 Å². The molecule has 0 radical (unpaired) electrons. The van der Waals surface area contributed by atoms with Crippen molar-refractivity contribution in [3.63, 3.8) is 0 Å². The maximum absolute atomic E-state index is 14.9. The minimum Gasteiger partial charge on any atom is -0.368 e. The normalized spacial score (nSPS) is 16.9. The molecule has 33 heavy (non-hydrogen) atoms. The van der Waals surface area contributed by atoms with Gasteiger partial charge in [0.1, 0.15) is 23.6 Å². The van der Waals surface area contributed by atoms with Gasteiger partial charge in [-0.25, -0.2) is 13.2 Å². The van der Waals surface area contributed by atoms with Crippen LogP contribution in [0.3, 0.4) is 0 Å². The maximum atomic E-state index is 14.9. The van der Waals surface area contributed by atoms with E-state index in [0.29, 0.717) is 29.8 Å². The molecule has 0 fully saturated rings. The molecular weight excluding hydrogens is 429 g/mol. The number of unbranched alkanes of at least 4 members (excludes halogenated alkanes) is 1. The molecule has 2 aromatic carbocycles. The van der Waals surface area contributed by atoms with Crippen molar-refractivity contribution >= 4 is 11.4 Å². The lowest BCUT2D eigenvalue weighted by Crippen LogP contribution is -2.36. The Morgan fingerprint density at radius 3 is 2.09 bits per heavy atom. The van der Waals surface area contributed by atoms with Crippen LogP contribution in [0.5, 0.6) is 0 Å². The highest BCUT2D eigenvalue weighted by Crippen LogP contribution is 2.32. The van der Waals surface area contributed by atoms with Crippen LogP contribution in [0.1, 0.15) is 50.7 Å². The molecule has 1 aliphatic rings. The number of hydrogen-bond donors (Lipinski definition) is 2. The van der Waals surface area contributed by atoms with Crippen molar-refractivity contribution in [2.45, 2.75) is 52.0 Å². The summed E-state index contributed by atoms with van der Waals surface area (Å²) in [6.45, 7) is 3.96. The summed E-state index contributed by atoms with van der Waals surface area (Å²) in [7, 11) is 0. The van der Waals surface area contributed by atoms with Crippen LogP contribution in [0.25, 0.3) is 5.70 Å². The molecule has 0 aromatic heterocycles. The van der Waals surface area contributed by atoms with E-state index >= 15 is 0 Å². The van der Waals surface area contributed by atoms with Crippen molar-refractivity contribution in [2.24, 2.45) is 10.9 Å². The molecule has 3 rings (SSSR count). The molecular formula is C26H29F3N2O2. The number of benzene rings is 2. The zero-order valence-electron chi connectivity index (χ0n) is 18.8. The Kier molecular flexibility index (Phi) is 8.47. The standard InChI is InChI=1S/C26H29F3N2O2/c1-17(2)26-30-23(18-7-11-20(27)12-8-18)15-24(19-9-13-21(28)14-10-19)31(26)16-22(29)5-3-4-6-25(32)33/h7-17,25-26,32-33H,3-6H2,1-2H3/t26-/m1/s1. The highest BCUT2D eigenvalue weighted by atomic mass is 19.1. The zero-order valence-corrected chi connectivity index (χ0v) is 18.8. The van der Waals surface area contributed by atoms with E-state index in [1.54, 1.807) is 35.2 Å². The predicted molar refractivity (Wildman–Crippen MR) is 124 cm³/mol. The fourth-order valence-corrected chi connectivity index (χ4v) is 3.67. The largest absolute Gasteiger partial charge is 0.368 e. The molecule has 0 spiro atoms. The zero-order chi connectivity index (χ0) is 24.0. The Morgan fingerprint density at radius 1 is 0.970 bits per heavy atom. The number of aliphatic imine (C=N–C) groups is 1. The Balaban J connectivity index is 1.98. The van der Waals surface area contributed by atoms with Crippen molar-refractivity contribution in [2.75, 3.05) is 0 Å². The quantitative estimate of drug-likeness (QED) is 0.370. The summed E-state index contributed by atoms with van der Waals surface area (Å²) in [6, 6.07) is 12.0. The van der Waals surface area contributed by atoms with Crippen LogP contribution in [-0.2, 0) is 0 Å². The second-order valence-corrected chi connectivity index (χ2v) is 8.42. The third kappa shape index (κ3) is 6.79. The van der Waals surface area contributed by atoms with E-state index in [0.717, 1.165) is 5.56 Å². The van der Waals surface area contributed by atoms with Gasteiger partial charge < -0.3 is 15.1 Å². The second-order valence-electron chi connectivity index (χ2n) is 8.42. The molecule has 0 unspecified atom stereocenters. The van der Waals surface area contributed by atoms with Gasteiger partial charge in [-0.3, -0.25) is 4.99 Å². The second kappa shape index (κ2) is 11.3. The maximum Gasteiger partial charge on any atom is 0.151 e. The Labute approximate surface area is 192 Å². The summed E-state index contributed by atoms with van der Waals surface area (Å²) in [5, 5.41) is 17.9. The molecule has 7 heteroatoms. The van der Waals surface area contributed by atoms with E-state index in [1.807, 2.05) is 13.8 Å². The monoisotopic (exact) mass is 458 g/mol. The molecule has 1 heterocycles. The SMILES string of the molecule is CC(C)[C@@H]1N=C(c2ccc(F)cc2)C=C(c2ccc(F)cc2)N1C=C(F)CCCCC(O)O. The Morgan fingerprint density at radius 2 is 1.55 bits per heavy atom. The average Bonchev–Trinajstić information content (AvgIpc) is 2.77. The highest BCUT2D eigenvalue weighted by Gasteiger charge is 2.28. The van der Waals surface area contributed by atoms with Crippen molar-refractivity contribution < 1.29 is 23.4 Å². The van der Waals surface area contributed by atoms with Crippen LogP contribution in [0.2, 0.25) is 0 Å². The lowest BCUT2D eigenvalue weighted by atomic mass is 9.99. The van der Waals surface area contributed by atoms with Gasteiger partial charge in [-0.05, 0) is 85.4 Å². The molecule has 4 nitrogen and oxygen atoms in total. The number of aliphatic hydroxyl groups is 2. The van der Waals surface area contributed by atoms with Gasteiger partial charge in [-0.1, -0.05) is 13.8 Å². The fraction of sp³-hybridized carbons (Fsp3) is 0.346. The summed E-state index contributed by atoms with van der Waals surface area (Å²) in [6.07, 6.45) is 2.69. The highest BCUT2D eigenvalue weighted by molar-refractivity contribution is 6.13. The fourth-order valence-electron chi connectivity index (χ4n) is 3.67. The van der Waals surface area contributed by atoms with Crippen LogP contribution in [0.15, 0.2) is 71.6 Å². The first kappa shape index (κ1) is 24.7. The van der Waals surface area contributed by atoms with Crippen LogP contribution in [-0.4, -0.2) is 33.3 Å². The summed E-state index contributed by atoms with van der Waals surface area (Å²) >= 11 is 0. The van der Waals surface area contributed by atoms with Gasteiger partial charge in [0.05, 0.1) is 11.4 Å². The minimum atomic E-state index is -1.39. The van der Waals surface area contributed by atoms with Crippen molar-refractivity contribution in [1.82, 2.24) is 4.90 Å². The first-order valence-electron chi connectivity index (χ1n) is 11.1. The van der Waals surface area contributed by atoms with E-state index in [-0.39, 0.29) is 36.2 Å². The van der Waals surface area contributed by atoms with Gasteiger partial charge in [-0.2, -0.15) is 0 Å². The molecule has 0 bridgehead atoms. The van der Waals surface area contributed by atoms with E-state index in [9.17, 15) is 13.2 Å². The lowest BCUT2D eigenvalue weighted by molar-refractivity contribution is -0.0465. The van der Waals surface area contributed by atoms with E-state index in [4.69, 9.17) is 15.2 Å².